The lowest BCUT2D eigenvalue weighted by Crippen LogP contribution is -2.40. The maximum atomic E-state index is 11.5. The average molecular weight is 263 g/mol. The molecular formula is C16H25NO2. The van der Waals surface area contributed by atoms with Crippen molar-refractivity contribution < 1.29 is 9.53 Å². The van der Waals surface area contributed by atoms with Gasteiger partial charge in [-0.1, -0.05) is 32.0 Å². The van der Waals surface area contributed by atoms with Crippen LogP contribution in [0.1, 0.15) is 37.0 Å². The second-order valence-electron chi connectivity index (χ2n) is 4.69. The first kappa shape index (κ1) is 15.5. The minimum absolute atomic E-state index is 0.243. The van der Waals surface area contributed by atoms with E-state index in [0.29, 0.717) is 0 Å². The minimum Gasteiger partial charge on any atom is -0.453 e. The summed E-state index contributed by atoms with van der Waals surface area (Å²) in [6.07, 6.45) is 2.76. The van der Waals surface area contributed by atoms with Gasteiger partial charge in [0.1, 0.15) is 0 Å². The van der Waals surface area contributed by atoms with Gasteiger partial charge in [0.15, 0.2) is 0 Å². The maximum absolute atomic E-state index is 11.5. The van der Waals surface area contributed by atoms with Crippen LogP contribution in [0.25, 0.3) is 0 Å². The third kappa shape index (κ3) is 3.49. The first-order valence-electron chi connectivity index (χ1n) is 7.01. The molecule has 1 aromatic carbocycles. The predicted molar refractivity (Wildman–Crippen MR) is 78.5 cm³/mol. The highest BCUT2D eigenvalue weighted by atomic mass is 16.5. The summed E-state index contributed by atoms with van der Waals surface area (Å²) in [4.78, 5) is 13.2. The third-order valence-corrected chi connectivity index (χ3v) is 3.70. The lowest BCUT2D eigenvalue weighted by atomic mass is 9.85. The number of methoxy groups -OCH3 is 1. The Kier molecular flexibility index (Phi) is 5.87. The molecule has 19 heavy (non-hydrogen) atoms. The number of fused-ring (bicyclic) bond motifs is 1. The summed E-state index contributed by atoms with van der Waals surface area (Å²) >= 11 is 0. The Hall–Kier alpha value is -1.51. The van der Waals surface area contributed by atoms with Crippen molar-refractivity contribution in [3.05, 3.63) is 34.9 Å². The zero-order valence-electron chi connectivity index (χ0n) is 12.7. The Labute approximate surface area is 116 Å². The number of ether oxygens (including phenoxy) is 1. The van der Waals surface area contributed by atoms with E-state index in [1.54, 1.807) is 4.90 Å². The van der Waals surface area contributed by atoms with Crippen LogP contribution in [0, 0.1) is 6.92 Å². The minimum atomic E-state index is -0.243. The second kappa shape index (κ2) is 7.17. The second-order valence-corrected chi connectivity index (χ2v) is 4.69. The lowest BCUT2D eigenvalue weighted by Gasteiger charge is -2.32. The molecule has 0 heterocycles. The van der Waals surface area contributed by atoms with Gasteiger partial charge < -0.3 is 9.64 Å². The Morgan fingerprint density at radius 2 is 2.05 bits per heavy atom. The topological polar surface area (TPSA) is 29.5 Å². The van der Waals surface area contributed by atoms with E-state index in [9.17, 15) is 4.79 Å². The first-order valence-corrected chi connectivity index (χ1v) is 7.01. The van der Waals surface area contributed by atoms with Crippen LogP contribution in [0.5, 0.6) is 0 Å². The van der Waals surface area contributed by atoms with E-state index >= 15 is 0 Å². The van der Waals surface area contributed by atoms with Crippen LogP contribution in [0.2, 0.25) is 0 Å². The van der Waals surface area contributed by atoms with E-state index in [4.69, 9.17) is 4.74 Å². The number of rotatable bonds is 1. The van der Waals surface area contributed by atoms with Crippen LogP contribution in [-0.4, -0.2) is 31.2 Å². The summed E-state index contributed by atoms with van der Waals surface area (Å²) in [6, 6.07) is 6.70. The molecule has 1 amide bonds. The van der Waals surface area contributed by atoms with Crippen molar-refractivity contribution in [1.29, 1.82) is 0 Å². The largest absolute Gasteiger partial charge is 0.453 e. The zero-order valence-corrected chi connectivity index (χ0v) is 12.7. The number of carbonyl (C=O) groups excluding carboxylic acids is 1. The molecule has 3 heteroatoms. The van der Waals surface area contributed by atoms with Crippen LogP contribution >= 0.6 is 0 Å². The van der Waals surface area contributed by atoms with E-state index < -0.39 is 0 Å². The molecule has 2 rings (SSSR count). The Bertz CT molecular complexity index is 429. The normalized spacial score (nSPS) is 16.8. The molecule has 1 unspecified atom stereocenters. The fourth-order valence-corrected chi connectivity index (χ4v) is 2.57. The summed E-state index contributed by atoms with van der Waals surface area (Å²) in [6.45, 7) is 6.14. The summed E-state index contributed by atoms with van der Waals surface area (Å²) in [5, 5.41) is 0. The molecule has 0 aromatic heterocycles. The Morgan fingerprint density at radius 1 is 1.37 bits per heavy atom. The smallest absolute Gasteiger partial charge is 0.409 e. The fraction of sp³-hybridized carbons (Fsp3) is 0.562. The monoisotopic (exact) mass is 263 g/mol. The molecule has 0 aliphatic heterocycles. The molecule has 3 nitrogen and oxygen atoms in total. The van der Waals surface area contributed by atoms with Gasteiger partial charge in [-0.25, -0.2) is 4.79 Å². The van der Waals surface area contributed by atoms with Crippen molar-refractivity contribution in [1.82, 2.24) is 4.90 Å². The van der Waals surface area contributed by atoms with Gasteiger partial charge in [-0.05, 0) is 42.9 Å². The summed E-state index contributed by atoms with van der Waals surface area (Å²) in [5.74, 6) is 0. The summed E-state index contributed by atoms with van der Waals surface area (Å²) in [7, 11) is 3.25. The number of carbonyl (C=O) groups is 1. The van der Waals surface area contributed by atoms with E-state index in [-0.39, 0.29) is 12.1 Å². The lowest BCUT2D eigenvalue weighted by molar-refractivity contribution is 0.114. The number of nitrogens with zero attached hydrogens (tertiary/aromatic N) is 1. The van der Waals surface area contributed by atoms with Crippen LogP contribution in [0.4, 0.5) is 4.79 Å². The number of amides is 1. The molecule has 106 valence electrons. The molecule has 0 bridgehead atoms. The van der Waals surface area contributed by atoms with Crippen LogP contribution in [-0.2, 0) is 17.6 Å². The van der Waals surface area contributed by atoms with Gasteiger partial charge in [-0.3, -0.25) is 0 Å². The zero-order chi connectivity index (χ0) is 14.4. The van der Waals surface area contributed by atoms with Crippen LogP contribution in [0.15, 0.2) is 18.2 Å². The molecule has 0 spiro atoms. The molecule has 1 aliphatic carbocycles. The molecule has 0 N–H and O–H groups in total. The van der Waals surface area contributed by atoms with E-state index in [0.717, 1.165) is 19.3 Å². The van der Waals surface area contributed by atoms with E-state index in [1.807, 2.05) is 20.9 Å². The molecule has 0 saturated heterocycles. The highest BCUT2D eigenvalue weighted by molar-refractivity contribution is 5.67. The maximum Gasteiger partial charge on any atom is 0.409 e. The van der Waals surface area contributed by atoms with Crippen LogP contribution < -0.4 is 0 Å². The van der Waals surface area contributed by atoms with Crippen molar-refractivity contribution in [2.75, 3.05) is 14.2 Å². The molecule has 0 fully saturated rings. The first-order chi connectivity index (χ1) is 9.13. The molecular weight excluding hydrogens is 238 g/mol. The van der Waals surface area contributed by atoms with Crippen molar-refractivity contribution in [2.45, 2.75) is 46.1 Å². The van der Waals surface area contributed by atoms with Gasteiger partial charge in [0.25, 0.3) is 0 Å². The summed E-state index contributed by atoms with van der Waals surface area (Å²) < 4.78 is 4.77. The summed E-state index contributed by atoms with van der Waals surface area (Å²) in [5.41, 5.74) is 4.16. The van der Waals surface area contributed by atoms with Gasteiger partial charge in [0, 0.05) is 13.1 Å². The molecule has 0 saturated carbocycles. The standard InChI is InChI=1S/C14H19NO2.C2H6/c1-10-5-4-6-11-7-8-12(9-13(10)11)15(2)14(16)17-3;1-2/h4-6,12H,7-9H2,1-3H3;1-2H3. The molecule has 1 aliphatic rings. The quantitative estimate of drug-likeness (QED) is 0.775. The van der Waals surface area contributed by atoms with Crippen LogP contribution in [0.3, 0.4) is 0 Å². The van der Waals surface area contributed by atoms with Gasteiger partial charge in [0.05, 0.1) is 7.11 Å². The van der Waals surface area contributed by atoms with E-state index in [1.165, 1.54) is 23.8 Å². The number of hydrogen-bond acceptors (Lipinski definition) is 2. The van der Waals surface area contributed by atoms with Crippen molar-refractivity contribution >= 4 is 6.09 Å². The fourth-order valence-electron chi connectivity index (χ4n) is 2.57. The molecule has 0 radical (unpaired) electrons. The molecule has 1 atom stereocenters. The Balaban J connectivity index is 0.000000861. The van der Waals surface area contributed by atoms with Gasteiger partial charge in [0.2, 0.25) is 0 Å². The number of aryl methyl sites for hydroxylation is 2. The third-order valence-electron chi connectivity index (χ3n) is 3.70. The molecule has 1 aromatic rings. The highest BCUT2D eigenvalue weighted by Crippen LogP contribution is 2.26. The highest BCUT2D eigenvalue weighted by Gasteiger charge is 2.26. The van der Waals surface area contributed by atoms with E-state index in [2.05, 4.69) is 25.1 Å². The SMILES string of the molecule is CC.COC(=O)N(C)C1CCc2cccc(C)c2C1. The number of benzene rings is 1. The average Bonchev–Trinajstić information content (AvgIpc) is 2.48. The predicted octanol–water partition coefficient (Wildman–Crippen LogP) is 3.58. The number of hydrogen-bond donors (Lipinski definition) is 0. The van der Waals surface area contributed by atoms with Gasteiger partial charge in [-0.15, -0.1) is 0 Å². The van der Waals surface area contributed by atoms with Crippen molar-refractivity contribution in [2.24, 2.45) is 0 Å². The number of likely N-dealkylation sites (N-methyl/N-ethyl adjacent to an activating group) is 1. The van der Waals surface area contributed by atoms with Crippen molar-refractivity contribution in [3.8, 4) is 0 Å². The van der Waals surface area contributed by atoms with Gasteiger partial charge in [-0.2, -0.15) is 0 Å². The Morgan fingerprint density at radius 3 is 2.68 bits per heavy atom. The van der Waals surface area contributed by atoms with Gasteiger partial charge >= 0.3 is 6.09 Å². The van der Waals surface area contributed by atoms with Crippen molar-refractivity contribution in [3.63, 3.8) is 0 Å².